The van der Waals surface area contributed by atoms with E-state index in [0.29, 0.717) is 5.56 Å². The Kier molecular flexibility index (Phi) is 4.34. The molecule has 1 aliphatic carbocycles. The molecule has 1 aliphatic rings. The number of thiophene rings is 1. The highest BCUT2D eigenvalue weighted by Gasteiger charge is 2.32. The van der Waals surface area contributed by atoms with E-state index >= 15 is 0 Å². The number of hydrogen-bond acceptors (Lipinski definition) is 2. The summed E-state index contributed by atoms with van der Waals surface area (Å²) in [6.45, 7) is 4.46. The average Bonchev–Trinajstić information content (AvgIpc) is 2.84. The van der Waals surface area contributed by atoms with Gasteiger partial charge in [-0.3, -0.25) is 0 Å². The van der Waals surface area contributed by atoms with Crippen LogP contribution in [0.25, 0.3) is 10.4 Å². The van der Waals surface area contributed by atoms with Crippen LogP contribution < -0.4 is 0 Å². The predicted molar refractivity (Wildman–Crippen MR) is 100 cm³/mol. The lowest BCUT2D eigenvalue weighted by Gasteiger charge is -2.29. The fourth-order valence-corrected chi connectivity index (χ4v) is 4.92. The molecule has 1 aromatic carbocycles. The van der Waals surface area contributed by atoms with Crippen molar-refractivity contribution in [3.05, 3.63) is 45.8 Å². The summed E-state index contributed by atoms with van der Waals surface area (Å²) >= 11 is 4.01. The molecule has 0 saturated carbocycles. The smallest absolute Gasteiger partial charge is 0.337 e. The van der Waals surface area contributed by atoms with E-state index in [9.17, 15) is 9.90 Å². The van der Waals surface area contributed by atoms with Gasteiger partial charge in [-0.1, -0.05) is 60.7 Å². The summed E-state index contributed by atoms with van der Waals surface area (Å²) in [4.78, 5) is 14.1. The molecule has 3 rings (SSSR count). The molecule has 0 amide bonds. The van der Waals surface area contributed by atoms with Gasteiger partial charge in [-0.25, -0.2) is 4.79 Å². The summed E-state index contributed by atoms with van der Waals surface area (Å²) in [6, 6.07) is 8.30. The number of aryl methyl sites for hydroxylation is 1. The van der Waals surface area contributed by atoms with E-state index in [1.54, 1.807) is 11.3 Å². The lowest BCUT2D eigenvalue weighted by atomic mass is 9.76. The van der Waals surface area contributed by atoms with Crippen molar-refractivity contribution in [1.29, 1.82) is 0 Å². The average molecular weight is 426 g/mol. The first-order valence-corrected chi connectivity index (χ1v) is 9.78. The molecule has 0 radical (unpaired) electrons. The number of fused-ring (bicyclic) bond motifs is 1. The minimum absolute atomic E-state index is 0.195. The maximum Gasteiger partial charge on any atom is 0.337 e. The molecule has 0 unspecified atom stereocenters. The number of rotatable bonds is 3. The van der Waals surface area contributed by atoms with Crippen LogP contribution in [0.1, 0.15) is 46.6 Å². The monoisotopic (exact) mass is 426 g/mol. The van der Waals surface area contributed by atoms with Gasteiger partial charge in [0.15, 0.2) is 0 Å². The zero-order valence-electron chi connectivity index (χ0n) is 12.8. The zero-order chi connectivity index (χ0) is 15.9. The maximum absolute atomic E-state index is 11.9. The van der Waals surface area contributed by atoms with Gasteiger partial charge in [0.05, 0.1) is 5.56 Å². The molecule has 2 nitrogen and oxygen atoms in total. The lowest BCUT2D eigenvalue weighted by molar-refractivity contribution is 0.0696. The molecule has 0 atom stereocenters. The number of hydrogen-bond donors (Lipinski definition) is 1. The molecule has 116 valence electrons. The number of aromatic carboxylic acids is 1. The van der Waals surface area contributed by atoms with E-state index < -0.39 is 5.97 Å². The Balaban J connectivity index is 2.12. The van der Waals surface area contributed by atoms with Gasteiger partial charge in [0.2, 0.25) is 0 Å². The van der Waals surface area contributed by atoms with Crippen LogP contribution >= 0.6 is 33.9 Å². The Morgan fingerprint density at radius 3 is 2.59 bits per heavy atom. The first-order chi connectivity index (χ1) is 10.4. The highest BCUT2D eigenvalue weighted by molar-refractivity contribution is 14.1. The molecule has 2 aromatic rings. The topological polar surface area (TPSA) is 37.3 Å². The third-order valence-corrected chi connectivity index (χ3v) is 6.58. The lowest BCUT2D eigenvalue weighted by Crippen LogP contribution is -2.22. The Hall–Kier alpha value is -0.880. The second-order valence-corrected chi connectivity index (χ2v) is 8.55. The van der Waals surface area contributed by atoms with Crippen molar-refractivity contribution in [3.8, 4) is 10.4 Å². The van der Waals surface area contributed by atoms with Gasteiger partial charge >= 0.3 is 5.97 Å². The first-order valence-electron chi connectivity index (χ1n) is 7.44. The summed E-state index contributed by atoms with van der Waals surface area (Å²) in [5.74, 6) is -0.789. The van der Waals surface area contributed by atoms with Gasteiger partial charge in [0.25, 0.3) is 0 Å². The molecular weight excluding hydrogens is 407 g/mol. The van der Waals surface area contributed by atoms with E-state index in [1.807, 2.05) is 0 Å². The van der Waals surface area contributed by atoms with Gasteiger partial charge in [0, 0.05) is 14.2 Å². The van der Waals surface area contributed by atoms with Crippen LogP contribution in [0.2, 0.25) is 0 Å². The summed E-state index contributed by atoms with van der Waals surface area (Å²) < 4.78 is 0.971. The molecule has 4 heteroatoms. The van der Waals surface area contributed by atoms with Crippen LogP contribution in [0, 0.1) is 5.41 Å². The fourth-order valence-electron chi connectivity index (χ4n) is 3.09. The van der Waals surface area contributed by atoms with Crippen LogP contribution in [-0.2, 0) is 17.3 Å². The largest absolute Gasteiger partial charge is 0.478 e. The van der Waals surface area contributed by atoms with Crippen molar-refractivity contribution in [2.45, 2.75) is 37.5 Å². The van der Waals surface area contributed by atoms with Crippen molar-refractivity contribution in [2.24, 2.45) is 5.41 Å². The van der Waals surface area contributed by atoms with Crippen molar-refractivity contribution in [1.82, 2.24) is 0 Å². The van der Waals surface area contributed by atoms with Gasteiger partial charge in [0.1, 0.15) is 0 Å². The Bertz CT molecular complexity index is 713. The quantitative estimate of drug-likeness (QED) is 0.515. The molecule has 1 aromatic heterocycles. The Morgan fingerprint density at radius 1 is 1.32 bits per heavy atom. The van der Waals surface area contributed by atoms with E-state index in [2.05, 4.69) is 60.7 Å². The molecule has 1 N–H and O–H groups in total. The van der Waals surface area contributed by atoms with Crippen molar-refractivity contribution in [2.75, 3.05) is 0 Å². The van der Waals surface area contributed by atoms with Crippen molar-refractivity contribution in [3.63, 3.8) is 0 Å². The minimum atomic E-state index is -0.789. The van der Waals surface area contributed by atoms with E-state index in [0.717, 1.165) is 39.7 Å². The minimum Gasteiger partial charge on any atom is -0.478 e. The van der Waals surface area contributed by atoms with E-state index in [-0.39, 0.29) is 5.41 Å². The zero-order valence-corrected chi connectivity index (χ0v) is 15.8. The molecule has 22 heavy (non-hydrogen) atoms. The summed E-state index contributed by atoms with van der Waals surface area (Å²) in [5, 5.41) is 9.75. The van der Waals surface area contributed by atoms with Gasteiger partial charge in [-0.2, -0.15) is 0 Å². The number of carboxylic acids is 1. The van der Waals surface area contributed by atoms with Crippen LogP contribution in [-0.4, -0.2) is 11.1 Å². The summed E-state index contributed by atoms with van der Waals surface area (Å²) in [6.07, 6.45) is 3.00. The number of carbonyl (C=O) groups is 1. The maximum atomic E-state index is 11.9. The Labute approximate surface area is 148 Å². The molecule has 0 bridgehead atoms. The number of alkyl halides is 1. The van der Waals surface area contributed by atoms with Crippen LogP contribution in [0.4, 0.5) is 0 Å². The van der Waals surface area contributed by atoms with Gasteiger partial charge < -0.3 is 5.11 Å². The van der Waals surface area contributed by atoms with E-state index in [1.165, 1.54) is 10.4 Å². The molecule has 1 heterocycles. The van der Waals surface area contributed by atoms with E-state index in [4.69, 9.17) is 0 Å². The van der Waals surface area contributed by atoms with Crippen LogP contribution in [0.15, 0.2) is 24.3 Å². The highest BCUT2D eigenvalue weighted by Crippen LogP contribution is 2.45. The number of carboxylic acid groups (broad SMARTS) is 1. The number of benzene rings is 1. The second-order valence-electron chi connectivity index (χ2n) is 6.68. The summed E-state index contributed by atoms with van der Waals surface area (Å²) in [7, 11) is 0. The third kappa shape index (κ3) is 2.95. The second kappa shape index (κ2) is 5.96. The van der Waals surface area contributed by atoms with Gasteiger partial charge in [-0.05, 0) is 41.4 Å². The molecular formula is C18H19IO2S. The molecule has 0 fully saturated rings. The normalized spacial score (nSPS) is 16.3. The molecule has 0 aliphatic heterocycles. The predicted octanol–water partition coefficient (Wildman–Crippen LogP) is 5.56. The van der Waals surface area contributed by atoms with Crippen LogP contribution in [0.5, 0.6) is 0 Å². The van der Waals surface area contributed by atoms with Crippen molar-refractivity contribution >= 4 is 39.9 Å². The van der Waals surface area contributed by atoms with Crippen LogP contribution in [0.3, 0.4) is 0 Å². The van der Waals surface area contributed by atoms with Gasteiger partial charge in [-0.15, -0.1) is 11.3 Å². The SMILES string of the molecule is CC1(C)CCc2sc(-c3ccc(CI)cc3)c(C(=O)O)c2C1. The first kappa shape index (κ1) is 16.0. The molecule has 0 saturated heterocycles. The summed E-state index contributed by atoms with van der Waals surface area (Å²) in [5.41, 5.74) is 4.10. The fraction of sp³-hybridized carbons (Fsp3) is 0.389. The third-order valence-electron chi connectivity index (χ3n) is 4.36. The Morgan fingerprint density at radius 2 is 2.00 bits per heavy atom. The van der Waals surface area contributed by atoms with Crippen molar-refractivity contribution < 1.29 is 9.90 Å². The standard InChI is InChI=1S/C18H19IO2S/c1-18(2)8-7-14-13(9-18)15(17(20)21)16(22-14)12-5-3-11(10-19)4-6-12/h3-6H,7-10H2,1-2H3,(H,20,21). The molecule has 0 spiro atoms. The highest BCUT2D eigenvalue weighted by atomic mass is 127. The number of halogens is 1.